The average Bonchev–Trinajstić information content (AvgIpc) is 2.74. The maximum atomic E-state index is 13.0. The zero-order valence-electron chi connectivity index (χ0n) is 15.3. The van der Waals surface area contributed by atoms with E-state index >= 15 is 0 Å². The van der Waals surface area contributed by atoms with Gasteiger partial charge >= 0.3 is 0 Å². The number of hydrogen-bond donors (Lipinski definition) is 1. The lowest BCUT2D eigenvalue weighted by atomic mass is 9.89. The van der Waals surface area contributed by atoms with E-state index in [1.54, 1.807) is 6.20 Å². The van der Waals surface area contributed by atoms with Gasteiger partial charge < -0.3 is 10.0 Å². The van der Waals surface area contributed by atoms with E-state index in [0.717, 1.165) is 48.7 Å². The zero-order chi connectivity index (χ0) is 18.6. The van der Waals surface area contributed by atoms with Crippen molar-refractivity contribution in [2.45, 2.75) is 25.9 Å². The van der Waals surface area contributed by atoms with E-state index in [9.17, 15) is 4.79 Å². The summed E-state index contributed by atoms with van der Waals surface area (Å²) < 4.78 is 0. The molecule has 2 aromatic carbocycles. The summed E-state index contributed by atoms with van der Waals surface area (Å²) in [7, 11) is 0. The number of aliphatic hydroxyl groups is 1. The Morgan fingerprint density at radius 2 is 1.70 bits per heavy atom. The van der Waals surface area contributed by atoms with Crippen molar-refractivity contribution in [1.82, 2.24) is 9.88 Å². The first-order valence-electron chi connectivity index (χ1n) is 9.56. The van der Waals surface area contributed by atoms with Crippen LogP contribution in [0.2, 0.25) is 0 Å². The number of aliphatic hydroxyl groups excluding tert-OH is 1. The number of carbonyl (C=O) groups excluding carboxylic acids is 1. The van der Waals surface area contributed by atoms with Crippen LogP contribution >= 0.6 is 0 Å². The van der Waals surface area contributed by atoms with Gasteiger partial charge in [-0.05, 0) is 47.8 Å². The van der Waals surface area contributed by atoms with Gasteiger partial charge in [0.1, 0.15) is 5.69 Å². The Balaban J connectivity index is 1.40. The molecule has 0 bridgehead atoms. The van der Waals surface area contributed by atoms with Gasteiger partial charge in [-0.2, -0.15) is 0 Å². The van der Waals surface area contributed by atoms with Gasteiger partial charge in [-0.1, -0.05) is 48.5 Å². The topological polar surface area (TPSA) is 53.4 Å². The molecule has 1 aliphatic rings. The molecule has 0 radical (unpaired) electrons. The molecule has 0 saturated carbocycles. The highest BCUT2D eigenvalue weighted by atomic mass is 16.3. The highest BCUT2D eigenvalue weighted by Gasteiger charge is 2.25. The predicted molar refractivity (Wildman–Crippen MR) is 106 cm³/mol. The number of carbonyl (C=O) groups is 1. The summed E-state index contributed by atoms with van der Waals surface area (Å²) in [5.41, 5.74) is 2.81. The Hall–Kier alpha value is -2.72. The van der Waals surface area contributed by atoms with Gasteiger partial charge in [0.25, 0.3) is 5.91 Å². The molecule has 138 valence electrons. The number of aromatic nitrogens is 1. The highest BCUT2D eigenvalue weighted by molar-refractivity contribution is 6.05. The zero-order valence-corrected chi connectivity index (χ0v) is 15.3. The fraction of sp³-hybridized carbons (Fsp3) is 0.304. The van der Waals surface area contributed by atoms with Crippen molar-refractivity contribution in [3.63, 3.8) is 0 Å². The number of nitrogens with zero attached hydrogens (tertiary/aromatic N) is 2. The molecule has 27 heavy (non-hydrogen) atoms. The molecule has 4 heteroatoms. The van der Waals surface area contributed by atoms with Gasteiger partial charge in [0.05, 0.1) is 6.61 Å². The van der Waals surface area contributed by atoms with E-state index in [1.165, 1.54) is 5.56 Å². The van der Waals surface area contributed by atoms with Crippen LogP contribution in [-0.2, 0) is 13.0 Å². The van der Waals surface area contributed by atoms with Crippen LogP contribution < -0.4 is 0 Å². The van der Waals surface area contributed by atoms with Gasteiger partial charge in [0.2, 0.25) is 0 Å². The quantitative estimate of drug-likeness (QED) is 0.769. The molecule has 0 atom stereocenters. The summed E-state index contributed by atoms with van der Waals surface area (Å²) in [4.78, 5) is 19.3. The van der Waals surface area contributed by atoms with Crippen LogP contribution in [0, 0.1) is 5.92 Å². The Morgan fingerprint density at radius 1 is 1.00 bits per heavy atom. The first-order valence-corrected chi connectivity index (χ1v) is 9.56. The second-order valence-corrected chi connectivity index (χ2v) is 7.30. The third-order valence-corrected chi connectivity index (χ3v) is 5.51. The van der Waals surface area contributed by atoms with Gasteiger partial charge in [-0.15, -0.1) is 0 Å². The minimum absolute atomic E-state index is 0.0394. The van der Waals surface area contributed by atoms with Crippen LogP contribution in [0.25, 0.3) is 10.8 Å². The standard InChI is InChI=1S/C23H24N2O2/c26-16-19-7-5-17(6-8-19)15-18-10-13-25(14-11-18)23(27)22-21-4-2-1-3-20(21)9-12-24-22/h1-9,12,18,26H,10-11,13-16H2. The number of hydrogen-bond acceptors (Lipinski definition) is 3. The number of rotatable bonds is 4. The van der Waals surface area contributed by atoms with E-state index in [0.29, 0.717) is 11.6 Å². The molecule has 0 aliphatic carbocycles. The minimum atomic E-state index is 0.0394. The Bertz CT molecular complexity index is 923. The molecule has 4 nitrogen and oxygen atoms in total. The van der Waals surface area contributed by atoms with Crippen LogP contribution in [0.3, 0.4) is 0 Å². The predicted octanol–water partition coefficient (Wildman–Crippen LogP) is 3.82. The summed E-state index contributed by atoms with van der Waals surface area (Å²) in [6.07, 6.45) is 4.77. The summed E-state index contributed by atoms with van der Waals surface area (Å²) in [5.74, 6) is 0.632. The average molecular weight is 360 g/mol. The van der Waals surface area contributed by atoms with Crippen molar-refractivity contribution < 1.29 is 9.90 Å². The maximum absolute atomic E-state index is 13.0. The van der Waals surface area contributed by atoms with Crippen LogP contribution in [0.5, 0.6) is 0 Å². The molecular weight excluding hydrogens is 336 g/mol. The third kappa shape index (κ3) is 3.86. The van der Waals surface area contributed by atoms with E-state index < -0.39 is 0 Å². The van der Waals surface area contributed by atoms with Crippen molar-refractivity contribution in [1.29, 1.82) is 0 Å². The monoisotopic (exact) mass is 360 g/mol. The normalized spacial score (nSPS) is 15.2. The summed E-state index contributed by atoms with van der Waals surface area (Å²) >= 11 is 0. The van der Waals surface area contributed by atoms with Crippen molar-refractivity contribution in [3.05, 3.63) is 77.6 Å². The minimum Gasteiger partial charge on any atom is -0.392 e. The number of amides is 1. The largest absolute Gasteiger partial charge is 0.392 e. The molecule has 2 heterocycles. The smallest absolute Gasteiger partial charge is 0.273 e. The molecule has 3 aromatic rings. The Kier molecular flexibility index (Phi) is 5.16. The molecule has 1 N–H and O–H groups in total. The maximum Gasteiger partial charge on any atom is 0.273 e. The first kappa shape index (κ1) is 17.7. The summed E-state index contributed by atoms with van der Waals surface area (Å²) in [6.45, 7) is 1.65. The van der Waals surface area contributed by atoms with Gasteiger partial charge in [0, 0.05) is 24.7 Å². The van der Waals surface area contributed by atoms with E-state index in [4.69, 9.17) is 5.11 Å². The fourth-order valence-corrected chi connectivity index (χ4v) is 3.89. The molecule has 0 unspecified atom stereocenters. The van der Waals surface area contributed by atoms with Crippen molar-refractivity contribution in [3.8, 4) is 0 Å². The fourth-order valence-electron chi connectivity index (χ4n) is 3.89. The van der Waals surface area contributed by atoms with Crippen molar-refractivity contribution >= 4 is 16.7 Å². The van der Waals surface area contributed by atoms with Gasteiger partial charge in [-0.3, -0.25) is 9.78 Å². The van der Waals surface area contributed by atoms with E-state index in [1.807, 2.05) is 47.4 Å². The number of fused-ring (bicyclic) bond motifs is 1. The van der Waals surface area contributed by atoms with Crippen LogP contribution in [0.4, 0.5) is 0 Å². The molecule has 1 fully saturated rings. The Labute approximate surface area is 159 Å². The number of likely N-dealkylation sites (tertiary alicyclic amines) is 1. The second kappa shape index (κ2) is 7.89. The molecule has 0 spiro atoms. The van der Waals surface area contributed by atoms with E-state index in [2.05, 4.69) is 17.1 Å². The van der Waals surface area contributed by atoms with Crippen molar-refractivity contribution in [2.24, 2.45) is 5.92 Å². The lowest BCUT2D eigenvalue weighted by molar-refractivity contribution is 0.0687. The summed E-state index contributed by atoms with van der Waals surface area (Å²) in [6, 6.07) is 18.0. The molecule has 1 amide bonds. The van der Waals surface area contributed by atoms with Gasteiger partial charge in [-0.25, -0.2) is 0 Å². The number of pyridine rings is 1. The molecule has 1 aromatic heterocycles. The first-order chi connectivity index (χ1) is 13.2. The molecule has 1 aliphatic heterocycles. The Morgan fingerprint density at radius 3 is 2.44 bits per heavy atom. The van der Waals surface area contributed by atoms with Crippen LogP contribution in [0.1, 0.15) is 34.5 Å². The molecule has 4 rings (SSSR count). The molecular formula is C23H24N2O2. The summed E-state index contributed by atoms with van der Waals surface area (Å²) in [5, 5.41) is 11.1. The van der Waals surface area contributed by atoms with Crippen molar-refractivity contribution in [2.75, 3.05) is 13.1 Å². The van der Waals surface area contributed by atoms with Gasteiger partial charge in [0.15, 0.2) is 0 Å². The SMILES string of the molecule is O=C(c1nccc2ccccc12)N1CCC(Cc2ccc(CO)cc2)CC1. The lowest BCUT2D eigenvalue weighted by Gasteiger charge is -2.32. The number of piperidine rings is 1. The highest BCUT2D eigenvalue weighted by Crippen LogP contribution is 2.24. The molecule has 1 saturated heterocycles. The number of benzene rings is 2. The third-order valence-electron chi connectivity index (χ3n) is 5.51. The lowest BCUT2D eigenvalue weighted by Crippen LogP contribution is -2.39. The van der Waals surface area contributed by atoms with E-state index in [-0.39, 0.29) is 12.5 Å². The van der Waals surface area contributed by atoms with Crippen LogP contribution in [0.15, 0.2) is 60.8 Å². The van der Waals surface area contributed by atoms with Crippen LogP contribution in [-0.4, -0.2) is 34.0 Å². The second-order valence-electron chi connectivity index (χ2n) is 7.30.